The number of aromatic carboxylic acids is 1. The zero-order valence-electron chi connectivity index (χ0n) is 10.9. The van der Waals surface area contributed by atoms with E-state index in [-0.39, 0.29) is 27.2 Å². The molecule has 2 N–H and O–H groups in total. The van der Waals surface area contributed by atoms with Crippen LogP contribution in [0.1, 0.15) is 10.4 Å². The second-order valence-electron chi connectivity index (χ2n) is 4.55. The van der Waals surface area contributed by atoms with E-state index in [1.54, 1.807) is 0 Å². The molecule has 0 atom stereocenters. The van der Waals surface area contributed by atoms with Gasteiger partial charge in [-0.25, -0.2) is 14.2 Å². The number of carbonyl (C=O) groups is 1. The number of benzene rings is 1. The van der Waals surface area contributed by atoms with Crippen LogP contribution in [0.15, 0.2) is 41.3 Å². The molecular weight excluding hydrogens is 311 g/mol. The molecule has 0 radical (unpaired) electrons. The van der Waals surface area contributed by atoms with Crippen molar-refractivity contribution in [3.05, 3.63) is 63.2 Å². The zero-order chi connectivity index (χ0) is 15.9. The number of halogens is 2. The second kappa shape index (κ2) is 5.23. The largest absolute Gasteiger partial charge is 0.477 e. The Labute approximate surface area is 128 Å². The Morgan fingerprint density at radius 3 is 2.73 bits per heavy atom. The maximum absolute atomic E-state index is 13.9. The van der Waals surface area contributed by atoms with Crippen LogP contribution in [0.3, 0.4) is 0 Å². The molecule has 0 fully saturated rings. The van der Waals surface area contributed by atoms with Crippen LogP contribution in [0.4, 0.5) is 4.39 Å². The summed E-state index contributed by atoms with van der Waals surface area (Å²) in [5.74, 6) is -1.86. The van der Waals surface area contributed by atoms with E-state index in [0.717, 1.165) is 6.20 Å². The summed E-state index contributed by atoms with van der Waals surface area (Å²) in [5, 5.41) is 9.31. The molecule has 0 bridgehead atoms. The number of aromatic nitrogens is 2. The normalized spacial score (nSPS) is 10.8. The lowest BCUT2D eigenvalue weighted by molar-refractivity contribution is 0.0695. The van der Waals surface area contributed by atoms with Crippen molar-refractivity contribution in [3.63, 3.8) is 0 Å². The summed E-state index contributed by atoms with van der Waals surface area (Å²) in [7, 11) is 0. The molecule has 22 heavy (non-hydrogen) atoms. The minimum absolute atomic E-state index is 0.123. The van der Waals surface area contributed by atoms with Crippen molar-refractivity contribution in [2.45, 2.75) is 0 Å². The molecule has 0 unspecified atom stereocenters. The van der Waals surface area contributed by atoms with Crippen LogP contribution in [-0.2, 0) is 0 Å². The lowest BCUT2D eigenvalue weighted by Gasteiger charge is -2.05. The molecule has 3 rings (SSSR count). The lowest BCUT2D eigenvalue weighted by Crippen LogP contribution is -2.15. The predicted molar refractivity (Wildman–Crippen MR) is 79.7 cm³/mol. The van der Waals surface area contributed by atoms with E-state index in [9.17, 15) is 14.0 Å². The van der Waals surface area contributed by atoms with Gasteiger partial charge in [0.15, 0.2) is 0 Å². The van der Waals surface area contributed by atoms with Crippen molar-refractivity contribution in [2.24, 2.45) is 0 Å². The molecule has 0 aliphatic rings. The summed E-state index contributed by atoms with van der Waals surface area (Å²) in [5.41, 5.74) is -0.298. The van der Waals surface area contributed by atoms with Gasteiger partial charge in [0.2, 0.25) is 5.43 Å². The zero-order valence-corrected chi connectivity index (χ0v) is 11.7. The molecule has 0 saturated carbocycles. The summed E-state index contributed by atoms with van der Waals surface area (Å²) in [6.45, 7) is 0. The predicted octanol–water partition coefficient (Wildman–Crippen LogP) is 3.08. The molecule has 2 aromatic heterocycles. The summed E-state index contributed by atoms with van der Waals surface area (Å²) >= 11 is 5.70. The molecule has 2 heterocycles. The summed E-state index contributed by atoms with van der Waals surface area (Å²) in [4.78, 5) is 29.7. The third kappa shape index (κ3) is 2.33. The highest BCUT2D eigenvalue weighted by atomic mass is 35.5. The van der Waals surface area contributed by atoms with Gasteiger partial charge in [-0.2, -0.15) is 0 Å². The van der Waals surface area contributed by atoms with E-state index in [0.29, 0.717) is 5.69 Å². The topological polar surface area (TPSA) is 83.0 Å². The third-order valence-electron chi connectivity index (χ3n) is 3.18. The smallest absolute Gasteiger partial charge is 0.341 e. The van der Waals surface area contributed by atoms with Gasteiger partial charge in [0.1, 0.15) is 17.0 Å². The fraction of sp³-hybridized carbons (Fsp3) is 0. The maximum atomic E-state index is 13.9. The first-order valence-electron chi connectivity index (χ1n) is 6.18. The molecule has 0 aliphatic heterocycles. The number of fused-ring (bicyclic) bond motifs is 1. The number of hydrogen-bond acceptors (Lipinski definition) is 3. The summed E-state index contributed by atoms with van der Waals surface area (Å²) < 4.78 is 13.9. The van der Waals surface area contributed by atoms with Crippen LogP contribution in [0.25, 0.3) is 22.3 Å². The van der Waals surface area contributed by atoms with E-state index in [1.807, 2.05) is 0 Å². The lowest BCUT2D eigenvalue weighted by atomic mass is 10.1. The molecule has 1 aromatic carbocycles. The van der Waals surface area contributed by atoms with Gasteiger partial charge in [-0.3, -0.25) is 4.79 Å². The van der Waals surface area contributed by atoms with Crippen molar-refractivity contribution >= 4 is 28.6 Å². The third-order valence-corrected chi connectivity index (χ3v) is 3.41. The highest BCUT2D eigenvalue weighted by Crippen LogP contribution is 2.24. The number of carboxylic acid groups (broad SMARTS) is 1. The fourth-order valence-electron chi connectivity index (χ4n) is 2.11. The number of H-pyrrole nitrogens is 1. The van der Waals surface area contributed by atoms with Crippen LogP contribution in [0.5, 0.6) is 0 Å². The average Bonchev–Trinajstić information content (AvgIpc) is 2.47. The molecule has 0 aliphatic carbocycles. The first-order chi connectivity index (χ1) is 10.5. The van der Waals surface area contributed by atoms with Crippen LogP contribution in [0.2, 0.25) is 5.02 Å². The molecular formula is C15H8ClFN2O3. The second-order valence-corrected chi connectivity index (χ2v) is 4.99. The minimum Gasteiger partial charge on any atom is -0.477 e. The average molecular weight is 319 g/mol. The molecule has 0 saturated heterocycles. The van der Waals surface area contributed by atoms with E-state index in [4.69, 9.17) is 16.7 Å². The van der Waals surface area contributed by atoms with Crippen molar-refractivity contribution in [2.75, 3.05) is 0 Å². The molecule has 5 nitrogen and oxygen atoms in total. The number of carboxylic acids is 1. The van der Waals surface area contributed by atoms with Crippen molar-refractivity contribution in [1.29, 1.82) is 0 Å². The molecule has 0 amide bonds. The Hall–Kier alpha value is -2.73. The fourth-order valence-corrected chi connectivity index (χ4v) is 2.27. The van der Waals surface area contributed by atoms with Crippen molar-refractivity contribution in [3.8, 4) is 11.3 Å². The highest BCUT2D eigenvalue weighted by molar-refractivity contribution is 6.30. The number of pyridine rings is 2. The van der Waals surface area contributed by atoms with Gasteiger partial charge in [0.25, 0.3) is 0 Å². The van der Waals surface area contributed by atoms with Gasteiger partial charge in [-0.15, -0.1) is 0 Å². The van der Waals surface area contributed by atoms with Gasteiger partial charge in [-0.05, 0) is 30.3 Å². The first kappa shape index (κ1) is 14.2. The van der Waals surface area contributed by atoms with Gasteiger partial charge >= 0.3 is 5.97 Å². The quantitative estimate of drug-likeness (QED) is 0.760. The van der Waals surface area contributed by atoms with Gasteiger partial charge in [0.05, 0.1) is 11.1 Å². The number of nitrogens with zero attached hydrogens (tertiary/aromatic N) is 1. The van der Waals surface area contributed by atoms with E-state index in [2.05, 4.69) is 9.97 Å². The first-order valence-corrected chi connectivity index (χ1v) is 6.56. The number of hydrogen-bond donors (Lipinski definition) is 2. The molecule has 110 valence electrons. The van der Waals surface area contributed by atoms with Gasteiger partial charge < -0.3 is 10.1 Å². The highest BCUT2D eigenvalue weighted by Gasteiger charge is 2.14. The Balaban J connectivity index is 2.21. The Bertz CT molecular complexity index is 969. The summed E-state index contributed by atoms with van der Waals surface area (Å²) in [6, 6.07) is 7.04. The standard InChI is InChI=1S/C15H8ClFN2O3/c16-7-1-2-8(11(17)5-7)12-4-3-9-13(20)10(15(21)22)6-18-14(9)19-12/h1-6H,(H,21,22)(H,18,19,20). The Morgan fingerprint density at radius 1 is 1.27 bits per heavy atom. The Morgan fingerprint density at radius 2 is 2.05 bits per heavy atom. The monoisotopic (exact) mass is 318 g/mol. The number of rotatable bonds is 2. The SMILES string of the molecule is O=C(O)c1c[nH]c2nc(-c3ccc(Cl)cc3F)ccc2c1=O. The van der Waals surface area contributed by atoms with E-state index in [1.165, 1.54) is 30.3 Å². The minimum atomic E-state index is -1.32. The van der Waals surface area contributed by atoms with Crippen LogP contribution in [0, 0.1) is 5.82 Å². The van der Waals surface area contributed by atoms with Crippen LogP contribution in [-0.4, -0.2) is 21.0 Å². The Kier molecular flexibility index (Phi) is 3.38. The maximum Gasteiger partial charge on any atom is 0.341 e. The van der Waals surface area contributed by atoms with Crippen molar-refractivity contribution < 1.29 is 14.3 Å². The van der Waals surface area contributed by atoms with Crippen LogP contribution < -0.4 is 5.43 Å². The summed E-state index contributed by atoms with van der Waals surface area (Å²) in [6.07, 6.45) is 1.07. The van der Waals surface area contributed by atoms with Crippen LogP contribution >= 0.6 is 11.6 Å². The van der Waals surface area contributed by atoms with Gasteiger partial charge in [-0.1, -0.05) is 11.6 Å². The molecule has 0 spiro atoms. The van der Waals surface area contributed by atoms with E-state index >= 15 is 0 Å². The molecule has 3 aromatic rings. The number of nitrogens with one attached hydrogen (secondary N) is 1. The number of aromatic amines is 1. The van der Waals surface area contributed by atoms with E-state index < -0.39 is 17.2 Å². The van der Waals surface area contributed by atoms with Crippen molar-refractivity contribution in [1.82, 2.24) is 9.97 Å². The molecule has 7 heteroatoms. The van der Waals surface area contributed by atoms with Gasteiger partial charge in [0, 0.05) is 16.8 Å².